The Morgan fingerprint density at radius 3 is 1.88 bits per heavy atom. The molecule has 24 heavy (non-hydrogen) atoms. The fraction of sp³-hybridized carbons (Fsp3) is 0.632. The van der Waals surface area contributed by atoms with Crippen LogP contribution in [0.2, 0.25) is 0 Å². The maximum Gasteiger partial charge on any atom is 0.342 e. The van der Waals surface area contributed by atoms with Crippen molar-refractivity contribution >= 4 is 5.97 Å². The number of ether oxygens (including phenoxy) is 1. The molecule has 0 radical (unpaired) electrons. The van der Waals surface area contributed by atoms with Crippen molar-refractivity contribution in [3.05, 3.63) is 17.7 Å². The third kappa shape index (κ3) is 7.57. The Morgan fingerprint density at radius 1 is 0.792 bits per heavy atom. The standard InChI is InChI=1S/C19H30O5/c1-2-3-4-5-6-7-8-9-10-11-12-24-19(23)15-13-17(21)18(22)14-16(15)20/h13-14,20-22H,2-12H2,1H3. The van der Waals surface area contributed by atoms with Crippen LogP contribution in [-0.2, 0) is 4.74 Å². The molecular formula is C19H30O5. The number of carbonyl (C=O) groups excluding carboxylic acids is 1. The van der Waals surface area contributed by atoms with E-state index >= 15 is 0 Å². The minimum atomic E-state index is -0.696. The summed E-state index contributed by atoms with van der Waals surface area (Å²) in [6.45, 7) is 2.51. The average molecular weight is 338 g/mol. The van der Waals surface area contributed by atoms with Crippen molar-refractivity contribution in [2.45, 2.75) is 71.1 Å². The van der Waals surface area contributed by atoms with Crippen LogP contribution in [0.4, 0.5) is 0 Å². The molecule has 0 fully saturated rings. The van der Waals surface area contributed by atoms with Gasteiger partial charge in [0.05, 0.1) is 6.61 Å². The van der Waals surface area contributed by atoms with Crippen LogP contribution in [0.1, 0.15) is 81.5 Å². The predicted molar refractivity (Wildman–Crippen MR) is 93.6 cm³/mol. The maximum absolute atomic E-state index is 11.8. The van der Waals surface area contributed by atoms with Gasteiger partial charge in [-0.3, -0.25) is 0 Å². The van der Waals surface area contributed by atoms with Gasteiger partial charge < -0.3 is 20.1 Å². The van der Waals surface area contributed by atoms with Gasteiger partial charge in [0.15, 0.2) is 11.5 Å². The second-order valence-corrected chi connectivity index (χ2v) is 6.18. The number of hydrogen-bond acceptors (Lipinski definition) is 5. The van der Waals surface area contributed by atoms with Gasteiger partial charge in [-0.2, -0.15) is 0 Å². The van der Waals surface area contributed by atoms with Crippen LogP contribution in [0.3, 0.4) is 0 Å². The van der Waals surface area contributed by atoms with E-state index in [9.17, 15) is 20.1 Å². The molecule has 0 saturated heterocycles. The number of carbonyl (C=O) groups is 1. The Morgan fingerprint density at radius 2 is 1.29 bits per heavy atom. The lowest BCUT2D eigenvalue weighted by atomic mass is 10.1. The highest BCUT2D eigenvalue weighted by atomic mass is 16.5. The zero-order valence-corrected chi connectivity index (χ0v) is 14.6. The van der Waals surface area contributed by atoms with Crippen LogP contribution in [0.5, 0.6) is 17.2 Å². The van der Waals surface area contributed by atoms with Crippen molar-refractivity contribution < 1.29 is 24.9 Å². The van der Waals surface area contributed by atoms with E-state index in [1.807, 2.05) is 0 Å². The summed E-state index contributed by atoms with van der Waals surface area (Å²) < 4.78 is 5.08. The molecule has 0 bridgehead atoms. The predicted octanol–water partition coefficient (Wildman–Crippen LogP) is 4.88. The fourth-order valence-electron chi connectivity index (χ4n) is 2.56. The zero-order chi connectivity index (χ0) is 17.8. The number of rotatable bonds is 12. The third-order valence-electron chi connectivity index (χ3n) is 4.04. The van der Waals surface area contributed by atoms with Crippen molar-refractivity contribution in [2.75, 3.05) is 6.61 Å². The van der Waals surface area contributed by atoms with Gasteiger partial charge >= 0.3 is 5.97 Å². The molecule has 0 aromatic heterocycles. The van der Waals surface area contributed by atoms with E-state index in [1.165, 1.54) is 44.9 Å². The van der Waals surface area contributed by atoms with Crippen LogP contribution in [-0.4, -0.2) is 27.9 Å². The molecule has 0 aliphatic carbocycles. The van der Waals surface area contributed by atoms with Crippen molar-refractivity contribution in [2.24, 2.45) is 0 Å². The van der Waals surface area contributed by atoms with E-state index in [0.29, 0.717) is 0 Å². The Kier molecular flexibility index (Phi) is 9.73. The molecule has 0 aliphatic heterocycles. The summed E-state index contributed by atoms with van der Waals surface area (Å²) in [6, 6.07) is 1.93. The minimum Gasteiger partial charge on any atom is -0.507 e. The SMILES string of the molecule is CCCCCCCCCCCCOC(=O)c1cc(O)c(O)cc1O. The first kappa shape index (κ1) is 20.1. The molecule has 1 aromatic carbocycles. The number of hydrogen-bond donors (Lipinski definition) is 3. The van der Waals surface area contributed by atoms with Gasteiger partial charge in [0.1, 0.15) is 11.3 Å². The normalized spacial score (nSPS) is 10.7. The molecule has 1 rings (SSSR count). The second kappa shape index (κ2) is 11.6. The van der Waals surface area contributed by atoms with E-state index < -0.39 is 23.2 Å². The van der Waals surface area contributed by atoms with E-state index in [4.69, 9.17) is 4.74 Å². The first-order chi connectivity index (χ1) is 11.6. The molecule has 1 aromatic rings. The topological polar surface area (TPSA) is 87.0 Å². The molecule has 3 N–H and O–H groups in total. The molecule has 0 heterocycles. The number of aromatic hydroxyl groups is 3. The summed E-state index contributed by atoms with van der Waals surface area (Å²) in [4.78, 5) is 11.8. The summed E-state index contributed by atoms with van der Waals surface area (Å²) in [5, 5.41) is 28.2. The lowest BCUT2D eigenvalue weighted by molar-refractivity contribution is 0.0494. The molecule has 0 aliphatic rings. The van der Waals surface area contributed by atoms with Gasteiger partial charge in [-0.25, -0.2) is 4.79 Å². The van der Waals surface area contributed by atoms with Gasteiger partial charge in [0.25, 0.3) is 0 Å². The highest BCUT2D eigenvalue weighted by Gasteiger charge is 2.16. The minimum absolute atomic E-state index is 0.141. The Hall–Kier alpha value is -1.91. The summed E-state index contributed by atoms with van der Waals surface area (Å²) in [5.74, 6) is -2.03. The molecular weight excluding hydrogens is 308 g/mol. The quantitative estimate of drug-likeness (QED) is 0.219. The maximum atomic E-state index is 11.8. The lowest BCUT2D eigenvalue weighted by Crippen LogP contribution is -2.06. The van der Waals surface area contributed by atoms with Gasteiger partial charge in [-0.05, 0) is 6.42 Å². The van der Waals surface area contributed by atoms with Crippen LogP contribution < -0.4 is 0 Å². The van der Waals surface area contributed by atoms with Crippen molar-refractivity contribution in [1.82, 2.24) is 0 Å². The van der Waals surface area contributed by atoms with Crippen molar-refractivity contribution in [3.63, 3.8) is 0 Å². The van der Waals surface area contributed by atoms with Gasteiger partial charge in [-0.1, -0.05) is 64.7 Å². The fourth-order valence-corrected chi connectivity index (χ4v) is 2.56. The van der Waals surface area contributed by atoms with Crippen LogP contribution in [0.15, 0.2) is 12.1 Å². The molecule has 0 saturated carbocycles. The largest absolute Gasteiger partial charge is 0.507 e. The average Bonchev–Trinajstić information content (AvgIpc) is 2.55. The smallest absolute Gasteiger partial charge is 0.342 e. The van der Waals surface area contributed by atoms with Crippen molar-refractivity contribution in [3.8, 4) is 17.2 Å². The molecule has 0 unspecified atom stereocenters. The van der Waals surface area contributed by atoms with E-state index in [0.717, 1.165) is 31.4 Å². The molecule has 0 spiro atoms. The molecule has 0 amide bonds. The Balaban J connectivity index is 2.09. The summed E-state index contributed by atoms with van der Waals surface area (Å²) in [6.07, 6.45) is 12.0. The number of esters is 1. The highest BCUT2D eigenvalue weighted by Crippen LogP contribution is 2.32. The van der Waals surface area contributed by atoms with Crippen LogP contribution in [0, 0.1) is 0 Å². The first-order valence-electron chi connectivity index (χ1n) is 8.98. The Labute approximate surface area is 144 Å². The molecule has 0 atom stereocenters. The summed E-state index contributed by atoms with van der Waals surface area (Å²) in [7, 11) is 0. The van der Waals surface area contributed by atoms with E-state index in [2.05, 4.69) is 6.92 Å². The lowest BCUT2D eigenvalue weighted by Gasteiger charge is -2.08. The summed E-state index contributed by atoms with van der Waals surface area (Å²) in [5.41, 5.74) is -0.141. The monoisotopic (exact) mass is 338 g/mol. The Bertz CT molecular complexity index is 499. The van der Waals surface area contributed by atoms with E-state index in [-0.39, 0.29) is 12.2 Å². The van der Waals surface area contributed by atoms with Gasteiger partial charge in [0, 0.05) is 12.1 Å². The zero-order valence-electron chi connectivity index (χ0n) is 14.6. The third-order valence-corrected chi connectivity index (χ3v) is 4.04. The number of phenolic OH excluding ortho intramolecular Hbond substituents is 3. The van der Waals surface area contributed by atoms with Crippen molar-refractivity contribution in [1.29, 1.82) is 0 Å². The molecule has 5 nitrogen and oxygen atoms in total. The van der Waals surface area contributed by atoms with Gasteiger partial charge in [0.2, 0.25) is 0 Å². The molecule has 136 valence electrons. The number of phenols is 3. The second-order valence-electron chi connectivity index (χ2n) is 6.18. The first-order valence-corrected chi connectivity index (χ1v) is 8.98. The molecule has 5 heteroatoms. The van der Waals surface area contributed by atoms with E-state index in [1.54, 1.807) is 0 Å². The summed E-state index contributed by atoms with van der Waals surface area (Å²) >= 11 is 0. The van der Waals surface area contributed by atoms with Crippen LogP contribution >= 0.6 is 0 Å². The number of benzene rings is 1. The number of unbranched alkanes of at least 4 members (excludes halogenated alkanes) is 9. The highest BCUT2D eigenvalue weighted by molar-refractivity contribution is 5.93. The van der Waals surface area contributed by atoms with Crippen LogP contribution in [0.25, 0.3) is 0 Å². The van der Waals surface area contributed by atoms with Gasteiger partial charge in [-0.15, -0.1) is 0 Å².